The average Bonchev–Trinajstić information content (AvgIpc) is 2.83. The van der Waals surface area contributed by atoms with Gasteiger partial charge in [-0.1, -0.05) is 0 Å². The number of halogens is 1. The predicted octanol–water partition coefficient (Wildman–Crippen LogP) is 1.44. The van der Waals surface area contributed by atoms with E-state index in [2.05, 4.69) is 15.9 Å². The van der Waals surface area contributed by atoms with E-state index in [4.69, 9.17) is 4.42 Å². The van der Waals surface area contributed by atoms with Crippen LogP contribution in [-0.4, -0.2) is 37.8 Å². The topological polar surface area (TPSA) is 67.6 Å². The molecule has 0 bridgehead atoms. The first-order valence-electron chi connectivity index (χ1n) is 5.57. The van der Waals surface area contributed by atoms with Gasteiger partial charge in [0.2, 0.25) is 5.91 Å². The fraction of sp³-hybridized carbons (Fsp3) is 0.545. The van der Waals surface area contributed by atoms with Gasteiger partial charge in [-0.25, -0.2) is 8.42 Å². The van der Waals surface area contributed by atoms with E-state index in [1.54, 1.807) is 19.2 Å². The number of nitrogens with zero attached hydrogens (tertiary/aromatic N) is 1. The Morgan fingerprint density at radius 1 is 1.56 bits per heavy atom. The molecule has 1 aliphatic rings. The normalized spacial score (nSPS) is 22.0. The summed E-state index contributed by atoms with van der Waals surface area (Å²) >= 11 is 3.19. The molecule has 0 saturated carbocycles. The lowest BCUT2D eigenvalue weighted by Gasteiger charge is -2.19. The average molecular weight is 336 g/mol. The predicted molar refractivity (Wildman–Crippen MR) is 69.6 cm³/mol. The number of carbonyl (C=O) groups excluding carboxylic acids is 1. The van der Waals surface area contributed by atoms with Crippen LogP contribution >= 0.6 is 15.9 Å². The smallest absolute Gasteiger partial charge is 0.226 e. The molecule has 1 fully saturated rings. The minimum Gasteiger partial charge on any atom is -0.452 e. The third-order valence-electron chi connectivity index (χ3n) is 2.98. The molecule has 2 rings (SSSR count). The second kappa shape index (κ2) is 5.05. The highest BCUT2D eigenvalue weighted by molar-refractivity contribution is 9.10. The summed E-state index contributed by atoms with van der Waals surface area (Å²) in [4.78, 5) is 13.6. The second-order valence-electron chi connectivity index (χ2n) is 4.50. The lowest BCUT2D eigenvalue weighted by atomic mass is 10.1. The van der Waals surface area contributed by atoms with Crippen LogP contribution in [0.15, 0.2) is 21.2 Å². The van der Waals surface area contributed by atoms with E-state index in [9.17, 15) is 13.2 Å². The zero-order valence-electron chi connectivity index (χ0n) is 9.93. The first kappa shape index (κ1) is 13.6. The fourth-order valence-corrected chi connectivity index (χ4v) is 4.12. The first-order chi connectivity index (χ1) is 8.37. The van der Waals surface area contributed by atoms with Gasteiger partial charge < -0.3 is 9.32 Å². The summed E-state index contributed by atoms with van der Waals surface area (Å²) in [5.41, 5.74) is 0. The van der Waals surface area contributed by atoms with Crippen LogP contribution in [0, 0.1) is 5.92 Å². The van der Waals surface area contributed by atoms with Crippen LogP contribution in [0.4, 0.5) is 0 Å². The Bertz CT molecular complexity index is 551. The Hall–Kier alpha value is -0.820. The number of carbonyl (C=O) groups is 1. The molecule has 5 nitrogen and oxygen atoms in total. The van der Waals surface area contributed by atoms with Crippen LogP contribution in [0.5, 0.6) is 0 Å². The van der Waals surface area contributed by atoms with Crippen molar-refractivity contribution in [1.82, 2.24) is 4.90 Å². The van der Waals surface area contributed by atoms with Gasteiger partial charge >= 0.3 is 0 Å². The van der Waals surface area contributed by atoms with Gasteiger partial charge in [0, 0.05) is 7.05 Å². The molecule has 0 N–H and O–H groups in total. The van der Waals surface area contributed by atoms with Crippen molar-refractivity contribution in [3.8, 4) is 0 Å². The second-order valence-corrected chi connectivity index (χ2v) is 7.51. The van der Waals surface area contributed by atoms with Crippen LogP contribution in [0.3, 0.4) is 0 Å². The summed E-state index contributed by atoms with van der Waals surface area (Å²) in [6.45, 7) is 0.348. The minimum atomic E-state index is -3.02. The standard InChI is InChI=1S/C11H14BrNO4S/c1-13(6-9-2-3-10(12)17-9)11(14)8-4-5-18(15,16)7-8/h2-3,8H,4-7H2,1H3/t8-/m0/s1. The molecule has 1 aromatic heterocycles. The molecular weight excluding hydrogens is 322 g/mol. The zero-order chi connectivity index (χ0) is 13.3. The summed E-state index contributed by atoms with van der Waals surface area (Å²) < 4.78 is 28.6. The quantitative estimate of drug-likeness (QED) is 0.838. The Kier molecular flexibility index (Phi) is 3.82. The molecule has 0 aliphatic carbocycles. The van der Waals surface area contributed by atoms with Gasteiger partial charge in [-0.3, -0.25) is 4.79 Å². The largest absolute Gasteiger partial charge is 0.452 e. The number of hydrogen-bond donors (Lipinski definition) is 0. The number of hydrogen-bond acceptors (Lipinski definition) is 4. The molecule has 0 spiro atoms. The number of sulfone groups is 1. The fourth-order valence-electron chi connectivity index (χ4n) is 2.05. The van der Waals surface area contributed by atoms with Crippen LogP contribution in [-0.2, 0) is 21.2 Å². The molecule has 7 heteroatoms. The van der Waals surface area contributed by atoms with E-state index < -0.39 is 15.8 Å². The number of rotatable bonds is 3. The summed E-state index contributed by atoms with van der Waals surface area (Å²) in [6.07, 6.45) is 0.424. The summed E-state index contributed by atoms with van der Waals surface area (Å²) in [5, 5.41) is 0. The molecule has 2 heterocycles. The summed E-state index contributed by atoms with van der Waals surface area (Å²) in [5.74, 6) is 0.210. The monoisotopic (exact) mass is 335 g/mol. The Morgan fingerprint density at radius 3 is 2.78 bits per heavy atom. The molecule has 1 saturated heterocycles. The van der Waals surface area contributed by atoms with Gasteiger partial charge in [-0.15, -0.1) is 0 Å². The molecular formula is C11H14BrNO4S. The van der Waals surface area contributed by atoms with Crippen LogP contribution < -0.4 is 0 Å². The Morgan fingerprint density at radius 2 is 2.28 bits per heavy atom. The van der Waals surface area contributed by atoms with Gasteiger partial charge in [0.15, 0.2) is 14.5 Å². The van der Waals surface area contributed by atoms with Crippen molar-refractivity contribution in [2.45, 2.75) is 13.0 Å². The van der Waals surface area contributed by atoms with E-state index in [1.165, 1.54) is 4.90 Å². The van der Waals surface area contributed by atoms with E-state index in [1.807, 2.05) is 0 Å². The third-order valence-corrected chi connectivity index (χ3v) is 5.17. The first-order valence-corrected chi connectivity index (χ1v) is 8.18. The van der Waals surface area contributed by atoms with Crippen molar-refractivity contribution in [2.24, 2.45) is 5.92 Å². The molecule has 0 aromatic carbocycles. The molecule has 1 amide bonds. The molecule has 1 aliphatic heterocycles. The Balaban J connectivity index is 1.97. The maximum atomic E-state index is 12.1. The van der Waals surface area contributed by atoms with Crippen molar-refractivity contribution >= 4 is 31.7 Å². The van der Waals surface area contributed by atoms with Gasteiger partial charge in [0.05, 0.1) is 24.0 Å². The van der Waals surface area contributed by atoms with Gasteiger partial charge in [-0.2, -0.15) is 0 Å². The van der Waals surface area contributed by atoms with Gasteiger partial charge in [0.1, 0.15) is 5.76 Å². The van der Waals surface area contributed by atoms with Crippen molar-refractivity contribution < 1.29 is 17.6 Å². The zero-order valence-corrected chi connectivity index (χ0v) is 12.3. The van der Waals surface area contributed by atoms with Crippen LogP contribution in [0.25, 0.3) is 0 Å². The minimum absolute atomic E-state index is 0.0297. The van der Waals surface area contributed by atoms with Crippen molar-refractivity contribution in [2.75, 3.05) is 18.6 Å². The highest BCUT2D eigenvalue weighted by Gasteiger charge is 2.34. The van der Waals surface area contributed by atoms with E-state index in [-0.39, 0.29) is 17.4 Å². The van der Waals surface area contributed by atoms with Crippen molar-refractivity contribution in [3.63, 3.8) is 0 Å². The molecule has 1 aromatic rings. The van der Waals surface area contributed by atoms with Crippen molar-refractivity contribution in [1.29, 1.82) is 0 Å². The highest BCUT2D eigenvalue weighted by atomic mass is 79.9. The highest BCUT2D eigenvalue weighted by Crippen LogP contribution is 2.22. The Labute approximate surface area is 114 Å². The number of furan rings is 1. The SMILES string of the molecule is CN(Cc1ccc(Br)o1)C(=O)[C@H]1CCS(=O)(=O)C1. The van der Waals surface area contributed by atoms with E-state index in [0.29, 0.717) is 23.4 Å². The molecule has 1 atom stereocenters. The molecule has 0 unspecified atom stereocenters. The van der Waals surface area contributed by atoms with Crippen LogP contribution in [0.2, 0.25) is 0 Å². The molecule has 100 valence electrons. The van der Waals surface area contributed by atoms with Gasteiger partial charge in [0.25, 0.3) is 0 Å². The molecule has 0 radical (unpaired) electrons. The lowest BCUT2D eigenvalue weighted by Crippen LogP contribution is -2.33. The van der Waals surface area contributed by atoms with Gasteiger partial charge in [-0.05, 0) is 34.5 Å². The van der Waals surface area contributed by atoms with Crippen LogP contribution in [0.1, 0.15) is 12.2 Å². The maximum absolute atomic E-state index is 12.1. The third kappa shape index (κ3) is 3.14. The van der Waals surface area contributed by atoms with E-state index in [0.717, 1.165) is 0 Å². The number of amides is 1. The molecule has 18 heavy (non-hydrogen) atoms. The summed E-state index contributed by atoms with van der Waals surface area (Å²) in [6, 6.07) is 3.53. The maximum Gasteiger partial charge on any atom is 0.226 e. The van der Waals surface area contributed by atoms with E-state index >= 15 is 0 Å². The van der Waals surface area contributed by atoms with Crippen molar-refractivity contribution in [3.05, 3.63) is 22.6 Å². The lowest BCUT2D eigenvalue weighted by molar-refractivity contribution is -0.134. The summed E-state index contributed by atoms with van der Waals surface area (Å²) in [7, 11) is -1.36.